The minimum Gasteiger partial charge on any atom is -0.348 e. The second-order valence-corrected chi connectivity index (χ2v) is 5.68. The van der Waals surface area contributed by atoms with Gasteiger partial charge < -0.3 is 10.7 Å². The van der Waals surface area contributed by atoms with Gasteiger partial charge in [0.1, 0.15) is 11.5 Å². The molecule has 2 rings (SSSR count). The maximum atomic E-state index is 12.2. The van der Waals surface area contributed by atoms with Gasteiger partial charge in [0.15, 0.2) is 0 Å². The normalized spacial score (nSPS) is 22.4. The number of hydrogen-bond acceptors (Lipinski definition) is 4. The van der Waals surface area contributed by atoms with E-state index in [1.165, 1.54) is 19.3 Å². The zero-order chi connectivity index (χ0) is 14.5. The number of aromatic nitrogens is 1. The Bertz CT molecular complexity index is 472. The van der Waals surface area contributed by atoms with Crippen molar-refractivity contribution in [3.63, 3.8) is 0 Å². The minimum atomic E-state index is -0.230. The second-order valence-electron chi connectivity index (χ2n) is 5.27. The van der Waals surface area contributed by atoms with Gasteiger partial charge >= 0.3 is 0 Å². The quantitative estimate of drug-likeness (QED) is 0.589. The number of nitrogens with zero attached hydrogens (tertiary/aromatic N) is 1. The Kier molecular flexibility index (Phi) is 5.20. The van der Waals surface area contributed by atoms with E-state index < -0.39 is 0 Å². The highest BCUT2D eigenvalue weighted by Gasteiger charge is 2.23. The van der Waals surface area contributed by atoms with E-state index in [9.17, 15) is 4.79 Å². The molecule has 1 amide bonds. The second kappa shape index (κ2) is 6.90. The van der Waals surface area contributed by atoms with Crippen LogP contribution in [-0.4, -0.2) is 16.9 Å². The van der Waals surface area contributed by atoms with Crippen molar-refractivity contribution in [2.45, 2.75) is 45.1 Å². The lowest BCUT2D eigenvalue weighted by molar-refractivity contribution is 0.0917. The Morgan fingerprint density at radius 3 is 2.70 bits per heavy atom. The molecule has 0 spiro atoms. The first-order valence-electron chi connectivity index (χ1n) is 7.08. The van der Waals surface area contributed by atoms with Gasteiger partial charge in [0.2, 0.25) is 0 Å². The van der Waals surface area contributed by atoms with Gasteiger partial charge in [-0.3, -0.25) is 4.79 Å². The number of carbonyl (C=O) groups excluding carboxylic acids is 1. The molecule has 0 aromatic carbocycles. The lowest BCUT2D eigenvalue weighted by Crippen LogP contribution is -2.38. The molecule has 0 saturated heterocycles. The van der Waals surface area contributed by atoms with Crippen molar-refractivity contribution in [2.24, 2.45) is 11.8 Å². The molecule has 6 heteroatoms. The standard InChI is InChI=1S/C14H21ClN4O/c1-2-9-3-5-10(6-4-9)17-14(20)13-11(15)7-8-12(18-13)19-16/h7-10H,2-6,16H2,1H3,(H,17,20)(H,18,19). The van der Waals surface area contributed by atoms with Crippen LogP contribution in [0, 0.1) is 5.92 Å². The molecule has 0 aliphatic heterocycles. The molecule has 4 N–H and O–H groups in total. The van der Waals surface area contributed by atoms with Gasteiger partial charge in [-0.1, -0.05) is 24.9 Å². The Morgan fingerprint density at radius 2 is 2.10 bits per heavy atom. The van der Waals surface area contributed by atoms with E-state index in [1.54, 1.807) is 12.1 Å². The van der Waals surface area contributed by atoms with Crippen LogP contribution < -0.4 is 16.6 Å². The molecule has 1 fully saturated rings. The SMILES string of the molecule is CCC1CCC(NC(=O)c2nc(NN)ccc2Cl)CC1. The van der Waals surface area contributed by atoms with Crippen LogP contribution in [0.2, 0.25) is 5.02 Å². The third-order valence-corrected chi connectivity index (χ3v) is 4.27. The first-order chi connectivity index (χ1) is 9.63. The monoisotopic (exact) mass is 296 g/mol. The Hall–Kier alpha value is -1.33. The molecule has 0 atom stereocenters. The van der Waals surface area contributed by atoms with Gasteiger partial charge in [-0.25, -0.2) is 10.8 Å². The molecular formula is C14H21ClN4O. The fourth-order valence-corrected chi connectivity index (χ4v) is 2.84. The highest BCUT2D eigenvalue weighted by atomic mass is 35.5. The lowest BCUT2D eigenvalue weighted by atomic mass is 9.84. The van der Waals surface area contributed by atoms with Crippen LogP contribution in [0.1, 0.15) is 49.5 Å². The maximum Gasteiger partial charge on any atom is 0.271 e. The van der Waals surface area contributed by atoms with Gasteiger partial charge in [0.05, 0.1) is 5.02 Å². The first kappa shape index (κ1) is 15.1. The minimum absolute atomic E-state index is 0.220. The highest BCUT2D eigenvalue weighted by molar-refractivity contribution is 6.33. The van der Waals surface area contributed by atoms with Crippen LogP contribution in [0.5, 0.6) is 0 Å². The van der Waals surface area contributed by atoms with Crippen molar-refractivity contribution in [2.75, 3.05) is 5.43 Å². The summed E-state index contributed by atoms with van der Waals surface area (Å²) in [5.41, 5.74) is 2.64. The number of amides is 1. The summed E-state index contributed by atoms with van der Waals surface area (Å²) in [6.07, 6.45) is 5.62. The third kappa shape index (κ3) is 3.61. The van der Waals surface area contributed by atoms with Crippen LogP contribution in [0.15, 0.2) is 12.1 Å². The summed E-state index contributed by atoms with van der Waals surface area (Å²) in [4.78, 5) is 16.3. The number of halogens is 1. The number of nitrogens with one attached hydrogen (secondary N) is 2. The van der Waals surface area contributed by atoms with Crippen LogP contribution >= 0.6 is 11.6 Å². The van der Waals surface area contributed by atoms with Gasteiger partial charge in [-0.2, -0.15) is 0 Å². The number of anilines is 1. The van der Waals surface area contributed by atoms with Crippen molar-refractivity contribution < 1.29 is 4.79 Å². The summed E-state index contributed by atoms with van der Waals surface area (Å²) in [5, 5.41) is 3.35. The molecule has 1 aromatic rings. The molecule has 1 aliphatic carbocycles. The van der Waals surface area contributed by atoms with Crippen molar-refractivity contribution in [1.29, 1.82) is 0 Å². The van der Waals surface area contributed by atoms with Crippen molar-refractivity contribution in [3.05, 3.63) is 22.8 Å². The highest BCUT2D eigenvalue weighted by Crippen LogP contribution is 2.27. The number of pyridine rings is 1. The lowest BCUT2D eigenvalue weighted by Gasteiger charge is -2.28. The fourth-order valence-electron chi connectivity index (χ4n) is 2.65. The van der Waals surface area contributed by atoms with Crippen molar-refractivity contribution >= 4 is 23.3 Å². The van der Waals surface area contributed by atoms with Crippen molar-refractivity contribution in [1.82, 2.24) is 10.3 Å². The summed E-state index contributed by atoms with van der Waals surface area (Å²) < 4.78 is 0. The number of nitrogen functional groups attached to an aromatic ring is 1. The molecule has 1 aliphatic rings. The number of carbonyl (C=O) groups is 1. The molecule has 1 aromatic heterocycles. The van der Waals surface area contributed by atoms with E-state index in [4.69, 9.17) is 17.4 Å². The summed E-state index contributed by atoms with van der Waals surface area (Å²) in [6, 6.07) is 3.47. The third-order valence-electron chi connectivity index (χ3n) is 3.97. The average Bonchev–Trinajstić information content (AvgIpc) is 2.48. The molecule has 1 saturated carbocycles. The fraction of sp³-hybridized carbons (Fsp3) is 0.571. The zero-order valence-electron chi connectivity index (χ0n) is 11.7. The van der Waals surface area contributed by atoms with Crippen LogP contribution in [0.3, 0.4) is 0 Å². The van der Waals surface area contributed by atoms with Crippen molar-refractivity contribution in [3.8, 4) is 0 Å². The Balaban J connectivity index is 1.98. The van der Waals surface area contributed by atoms with E-state index in [1.807, 2.05) is 0 Å². The van der Waals surface area contributed by atoms with Crippen LogP contribution in [0.25, 0.3) is 0 Å². The van der Waals surface area contributed by atoms with Gasteiger partial charge in [0.25, 0.3) is 5.91 Å². The summed E-state index contributed by atoms with van der Waals surface area (Å²) in [5.74, 6) is 6.29. The maximum absolute atomic E-state index is 12.2. The first-order valence-corrected chi connectivity index (χ1v) is 7.45. The van der Waals surface area contributed by atoms with E-state index in [-0.39, 0.29) is 17.6 Å². The topological polar surface area (TPSA) is 80.0 Å². The summed E-state index contributed by atoms with van der Waals surface area (Å²) in [7, 11) is 0. The molecule has 0 unspecified atom stereocenters. The number of rotatable bonds is 4. The molecule has 20 heavy (non-hydrogen) atoms. The largest absolute Gasteiger partial charge is 0.348 e. The van der Waals surface area contributed by atoms with E-state index in [0.29, 0.717) is 10.8 Å². The Morgan fingerprint density at radius 1 is 1.40 bits per heavy atom. The molecule has 0 bridgehead atoms. The molecule has 5 nitrogen and oxygen atoms in total. The van der Waals surface area contributed by atoms with E-state index in [0.717, 1.165) is 18.8 Å². The van der Waals surface area contributed by atoms with Gasteiger partial charge in [-0.15, -0.1) is 0 Å². The average molecular weight is 297 g/mol. The predicted molar refractivity (Wildman–Crippen MR) is 80.6 cm³/mol. The van der Waals surface area contributed by atoms with E-state index in [2.05, 4.69) is 22.7 Å². The van der Waals surface area contributed by atoms with Crippen LogP contribution in [0.4, 0.5) is 5.82 Å². The molecular weight excluding hydrogens is 276 g/mol. The summed E-state index contributed by atoms with van der Waals surface area (Å²) in [6.45, 7) is 2.22. The number of hydrazine groups is 1. The van der Waals surface area contributed by atoms with Crippen LogP contribution in [-0.2, 0) is 0 Å². The predicted octanol–water partition coefficient (Wildman–Crippen LogP) is 2.72. The number of hydrogen-bond donors (Lipinski definition) is 3. The number of nitrogens with two attached hydrogens (primary N) is 1. The Labute approximate surface area is 124 Å². The van der Waals surface area contributed by atoms with E-state index >= 15 is 0 Å². The zero-order valence-corrected chi connectivity index (χ0v) is 12.4. The van der Waals surface area contributed by atoms with Gasteiger partial charge in [0, 0.05) is 6.04 Å². The molecule has 110 valence electrons. The summed E-state index contributed by atoms with van der Waals surface area (Å²) >= 11 is 6.02. The molecule has 0 radical (unpaired) electrons. The van der Waals surface area contributed by atoms with Gasteiger partial charge in [-0.05, 0) is 43.7 Å². The molecule has 1 heterocycles. The smallest absolute Gasteiger partial charge is 0.271 e.